The standard InChI is InChI=1S/C19H24ClN3OS/c20-17-4-1-3-16(13-17)14-22-8-10-23(11-9-22)15-19(24)21-7-6-18-5-2-12-25-18/h1-5,12-13H,6-11,14-15H2,(H,21,24). The van der Waals surface area contributed by atoms with E-state index >= 15 is 0 Å². The fraction of sp³-hybridized carbons (Fsp3) is 0.421. The normalized spacial score (nSPS) is 16.0. The zero-order valence-corrected chi connectivity index (χ0v) is 15.9. The van der Waals surface area contributed by atoms with Gasteiger partial charge in [0.25, 0.3) is 0 Å². The maximum atomic E-state index is 12.1. The summed E-state index contributed by atoms with van der Waals surface area (Å²) in [5, 5.41) is 5.88. The molecule has 0 aliphatic carbocycles. The number of hydrogen-bond donors (Lipinski definition) is 1. The van der Waals surface area contributed by atoms with Gasteiger partial charge in [0.15, 0.2) is 0 Å². The predicted octanol–water partition coefficient (Wildman–Crippen LogP) is 2.88. The lowest BCUT2D eigenvalue weighted by Gasteiger charge is -2.34. The van der Waals surface area contributed by atoms with E-state index in [-0.39, 0.29) is 5.91 Å². The molecule has 1 aromatic carbocycles. The van der Waals surface area contributed by atoms with Crippen molar-refractivity contribution in [3.05, 3.63) is 57.2 Å². The van der Waals surface area contributed by atoms with Crippen LogP contribution in [-0.2, 0) is 17.8 Å². The summed E-state index contributed by atoms with van der Waals surface area (Å²) in [6.07, 6.45) is 0.914. The second-order valence-corrected chi connectivity index (χ2v) is 7.83. The van der Waals surface area contributed by atoms with Crippen LogP contribution in [0, 0.1) is 0 Å². The van der Waals surface area contributed by atoms with E-state index in [1.165, 1.54) is 10.4 Å². The summed E-state index contributed by atoms with van der Waals surface area (Å²) in [5.41, 5.74) is 1.24. The van der Waals surface area contributed by atoms with Crippen molar-refractivity contribution < 1.29 is 4.79 Å². The van der Waals surface area contributed by atoms with Crippen molar-refractivity contribution in [1.29, 1.82) is 0 Å². The molecule has 0 unspecified atom stereocenters. The quantitative estimate of drug-likeness (QED) is 0.805. The highest BCUT2D eigenvalue weighted by molar-refractivity contribution is 7.09. The van der Waals surface area contributed by atoms with Crippen molar-refractivity contribution in [2.24, 2.45) is 0 Å². The maximum Gasteiger partial charge on any atom is 0.234 e. The smallest absolute Gasteiger partial charge is 0.234 e. The molecule has 1 saturated heterocycles. The molecule has 3 rings (SSSR count). The fourth-order valence-electron chi connectivity index (χ4n) is 3.04. The van der Waals surface area contributed by atoms with Gasteiger partial charge in [0.2, 0.25) is 5.91 Å². The summed E-state index contributed by atoms with van der Waals surface area (Å²) in [4.78, 5) is 18.0. The zero-order valence-electron chi connectivity index (χ0n) is 14.3. The van der Waals surface area contributed by atoms with E-state index in [0.717, 1.165) is 44.2 Å². The average molecular weight is 378 g/mol. The predicted molar refractivity (Wildman–Crippen MR) is 104 cm³/mol. The molecule has 1 aromatic heterocycles. The first-order chi connectivity index (χ1) is 12.2. The summed E-state index contributed by atoms with van der Waals surface area (Å²) < 4.78 is 0. The molecule has 0 bridgehead atoms. The minimum absolute atomic E-state index is 0.125. The van der Waals surface area contributed by atoms with Crippen LogP contribution in [0.5, 0.6) is 0 Å². The number of halogens is 1. The number of rotatable bonds is 7. The lowest BCUT2D eigenvalue weighted by atomic mass is 10.2. The van der Waals surface area contributed by atoms with Crippen LogP contribution < -0.4 is 5.32 Å². The largest absolute Gasteiger partial charge is 0.355 e. The Bertz CT molecular complexity index is 669. The summed E-state index contributed by atoms with van der Waals surface area (Å²) in [5.74, 6) is 0.125. The van der Waals surface area contributed by atoms with Crippen LogP contribution in [0.4, 0.5) is 0 Å². The summed E-state index contributed by atoms with van der Waals surface area (Å²) in [6.45, 7) is 5.95. The van der Waals surface area contributed by atoms with Gasteiger partial charge in [0.1, 0.15) is 0 Å². The molecule has 2 heterocycles. The van der Waals surface area contributed by atoms with E-state index in [1.54, 1.807) is 11.3 Å². The molecule has 1 fully saturated rings. The Morgan fingerprint density at radius 1 is 1.12 bits per heavy atom. The second kappa shape index (κ2) is 9.34. The zero-order chi connectivity index (χ0) is 17.5. The maximum absolute atomic E-state index is 12.1. The molecule has 25 heavy (non-hydrogen) atoms. The molecule has 0 atom stereocenters. The van der Waals surface area contributed by atoms with Crippen LogP contribution in [-0.4, -0.2) is 55.0 Å². The summed E-state index contributed by atoms with van der Waals surface area (Å²) in [6, 6.07) is 12.2. The van der Waals surface area contributed by atoms with Gasteiger partial charge < -0.3 is 5.32 Å². The van der Waals surface area contributed by atoms with Gasteiger partial charge in [-0.2, -0.15) is 0 Å². The highest BCUT2D eigenvalue weighted by atomic mass is 35.5. The van der Waals surface area contributed by atoms with Crippen LogP contribution >= 0.6 is 22.9 Å². The van der Waals surface area contributed by atoms with E-state index in [0.29, 0.717) is 13.1 Å². The topological polar surface area (TPSA) is 35.6 Å². The molecule has 6 heteroatoms. The van der Waals surface area contributed by atoms with Gasteiger partial charge in [0.05, 0.1) is 6.54 Å². The molecule has 0 saturated carbocycles. The van der Waals surface area contributed by atoms with Crippen molar-refractivity contribution in [2.45, 2.75) is 13.0 Å². The highest BCUT2D eigenvalue weighted by Crippen LogP contribution is 2.14. The van der Waals surface area contributed by atoms with Crippen LogP contribution in [0.1, 0.15) is 10.4 Å². The number of piperazine rings is 1. The first-order valence-corrected chi connectivity index (χ1v) is 9.93. The van der Waals surface area contributed by atoms with Gasteiger partial charge in [-0.1, -0.05) is 29.8 Å². The molecule has 4 nitrogen and oxygen atoms in total. The van der Waals surface area contributed by atoms with Gasteiger partial charge in [0, 0.05) is 49.2 Å². The Morgan fingerprint density at radius 3 is 2.64 bits per heavy atom. The molecule has 0 radical (unpaired) electrons. The van der Waals surface area contributed by atoms with Crippen molar-refractivity contribution in [1.82, 2.24) is 15.1 Å². The summed E-state index contributed by atoms with van der Waals surface area (Å²) >= 11 is 7.78. The van der Waals surface area contributed by atoms with E-state index in [4.69, 9.17) is 11.6 Å². The third-order valence-corrected chi connectivity index (χ3v) is 5.57. The number of benzene rings is 1. The first kappa shape index (κ1) is 18.4. The van der Waals surface area contributed by atoms with Gasteiger partial charge in [-0.05, 0) is 35.6 Å². The third-order valence-electron chi connectivity index (χ3n) is 4.40. The summed E-state index contributed by atoms with van der Waals surface area (Å²) in [7, 11) is 0. The SMILES string of the molecule is O=C(CN1CCN(Cc2cccc(Cl)c2)CC1)NCCc1cccs1. The molecule has 1 aliphatic heterocycles. The number of amides is 1. The Kier molecular flexibility index (Phi) is 6.87. The van der Waals surface area contributed by atoms with Crippen LogP contribution in [0.3, 0.4) is 0 Å². The van der Waals surface area contributed by atoms with Crippen molar-refractivity contribution in [3.8, 4) is 0 Å². The van der Waals surface area contributed by atoms with E-state index in [1.807, 2.05) is 24.3 Å². The Morgan fingerprint density at radius 2 is 1.92 bits per heavy atom. The van der Waals surface area contributed by atoms with E-state index in [2.05, 4.69) is 32.6 Å². The lowest BCUT2D eigenvalue weighted by Crippen LogP contribution is -2.49. The Hall–Kier alpha value is -1.40. The number of carbonyl (C=O) groups excluding carboxylic acids is 1. The number of thiophene rings is 1. The molecule has 1 N–H and O–H groups in total. The number of hydrogen-bond acceptors (Lipinski definition) is 4. The van der Waals surface area contributed by atoms with E-state index < -0.39 is 0 Å². The highest BCUT2D eigenvalue weighted by Gasteiger charge is 2.18. The third kappa shape index (κ3) is 6.12. The first-order valence-electron chi connectivity index (χ1n) is 8.67. The number of nitrogens with zero attached hydrogens (tertiary/aromatic N) is 2. The number of carbonyl (C=O) groups is 1. The molecule has 1 amide bonds. The van der Waals surface area contributed by atoms with Gasteiger partial charge in [-0.15, -0.1) is 11.3 Å². The van der Waals surface area contributed by atoms with Gasteiger partial charge >= 0.3 is 0 Å². The molecule has 2 aromatic rings. The average Bonchev–Trinajstić information content (AvgIpc) is 3.10. The van der Waals surface area contributed by atoms with Crippen molar-refractivity contribution >= 4 is 28.8 Å². The van der Waals surface area contributed by atoms with Gasteiger partial charge in [-0.3, -0.25) is 14.6 Å². The molecular weight excluding hydrogens is 354 g/mol. The van der Waals surface area contributed by atoms with Crippen molar-refractivity contribution in [2.75, 3.05) is 39.3 Å². The van der Waals surface area contributed by atoms with Crippen molar-refractivity contribution in [3.63, 3.8) is 0 Å². The second-order valence-electron chi connectivity index (χ2n) is 6.36. The Labute approximate surface area is 158 Å². The monoisotopic (exact) mass is 377 g/mol. The van der Waals surface area contributed by atoms with Crippen LogP contribution in [0.15, 0.2) is 41.8 Å². The molecule has 0 spiro atoms. The van der Waals surface area contributed by atoms with E-state index in [9.17, 15) is 4.79 Å². The molecule has 1 aliphatic rings. The van der Waals surface area contributed by atoms with Gasteiger partial charge in [-0.25, -0.2) is 0 Å². The van der Waals surface area contributed by atoms with Crippen LogP contribution in [0.25, 0.3) is 0 Å². The molecular formula is C19H24ClN3OS. The molecule has 134 valence electrons. The van der Waals surface area contributed by atoms with Crippen LogP contribution in [0.2, 0.25) is 5.02 Å². The lowest BCUT2D eigenvalue weighted by molar-refractivity contribution is -0.122. The minimum atomic E-state index is 0.125. The number of nitrogens with one attached hydrogen (secondary N) is 1. The fourth-order valence-corrected chi connectivity index (χ4v) is 3.96. The Balaban J connectivity index is 1.33. The minimum Gasteiger partial charge on any atom is -0.355 e.